The van der Waals surface area contributed by atoms with Gasteiger partial charge >= 0.3 is 0 Å². The van der Waals surface area contributed by atoms with Crippen LogP contribution in [-0.2, 0) is 6.54 Å². The van der Waals surface area contributed by atoms with Gasteiger partial charge in [0.2, 0.25) is 0 Å². The molecule has 0 saturated carbocycles. The summed E-state index contributed by atoms with van der Waals surface area (Å²) in [6, 6.07) is 7.44. The van der Waals surface area contributed by atoms with Gasteiger partial charge in [-0.1, -0.05) is 29.8 Å². The number of benzene rings is 1. The number of carbonyl (C=O) groups excluding carboxylic acids is 1. The van der Waals surface area contributed by atoms with Gasteiger partial charge in [-0.05, 0) is 18.6 Å². The van der Waals surface area contributed by atoms with Crippen molar-refractivity contribution in [2.45, 2.75) is 13.5 Å². The molecule has 17 heavy (non-hydrogen) atoms. The Kier molecular flexibility index (Phi) is 3.76. The molecule has 0 bridgehead atoms. The minimum atomic E-state index is -0.163. The Hall–Kier alpha value is -1.39. The van der Waals surface area contributed by atoms with Crippen molar-refractivity contribution in [3.8, 4) is 0 Å². The number of carbonyl (C=O) groups is 1. The lowest BCUT2D eigenvalue weighted by Crippen LogP contribution is -2.23. The summed E-state index contributed by atoms with van der Waals surface area (Å²) in [6.07, 6.45) is 0. The van der Waals surface area contributed by atoms with Crippen molar-refractivity contribution < 1.29 is 4.79 Å². The second-order valence-corrected chi connectivity index (χ2v) is 5.00. The summed E-state index contributed by atoms with van der Waals surface area (Å²) >= 11 is 7.46. The molecule has 5 heteroatoms. The number of amides is 1. The van der Waals surface area contributed by atoms with E-state index in [9.17, 15) is 4.79 Å². The molecule has 1 aromatic carbocycles. The maximum absolute atomic E-state index is 11.8. The van der Waals surface area contributed by atoms with Crippen molar-refractivity contribution in [1.29, 1.82) is 0 Å². The molecule has 0 atom stereocenters. The van der Waals surface area contributed by atoms with Gasteiger partial charge in [-0.2, -0.15) is 0 Å². The molecule has 2 rings (SSSR count). The van der Waals surface area contributed by atoms with Crippen molar-refractivity contribution >= 4 is 28.8 Å². The highest BCUT2D eigenvalue weighted by molar-refractivity contribution is 7.09. The highest BCUT2D eigenvalue weighted by Crippen LogP contribution is 2.15. The van der Waals surface area contributed by atoms with E-state index < -0.39 is 0 Å². The molecule has 1 heterocycles. The van der Waals surface area contributed by atoms with Crippen molar-refractivity contribution in [3.63, 3.8) is 0 Å². The average Bonchev–Trinajstić information content (AvgIpc) is 2.74. The molecule has 0 unspecified atom stereocenters. The lowest BCUT2D eigenvalue weighted by molar-refractivity contribution is 0.0946. The largest absolute Gasteiger partial charge is 0.347 e. The molecule has 0 aliphatic rings. The molecule has 3 nitrogen and oxygen atoms in total. The predicted molar refractivity (Wildman–Crippen MR) is 69.5 cm³/mol. The van der Waals surface area contributed by atoms with E-state index in [0.29, 0.717) is 17.3 Å². The monoisotopic (exact) mass is 266 g/mol. The van der Waals surface area contributed by atoms with Crippen LogP contribution in [0.25, 0.3) is 0 Å². The van der Waals surface area contributed by atoms with Gasteiger partial charge in [-0.25, -0.2) is 4.98 Å². The second-order valence-electron chi connectivity index (χ2n) is 3.53. The van der Waals surface area contributed by atoms with E-state index in [1.54, 1.807) is 11.6 Å². The van der Waals surface area contributed by atoms with Crippen LogP contribution in [0.2, 0.25) is 5.02 Å². The number of hydrogen-bond acceptors (Lipinski definition) is 3. The Balaban J connectivity index is 2.02. The number of aryl methyl sites for hydroxylation is 1. The lowest BCUT2D eigenvalue weighted by atomic mass is 10.2. The Morgan fingerprint density at radius 1 is 1.47 bits per heavy atom. The van der Waals surface area contributed by atoms with Crippen LogP contribution in [0.15, 0.2) is 29.8 Å². The first-order chi connectivity index (χ1) is 8.18. The molecule has 0 spiro atoms. The van der Waals surface area contributed by atoms with Gasteiger partial charge in [0.1, 0.15) is 5.69 Å². The van der Waals surface area contributed by atoms with Crippen LogP contribution in [0, 0.1) is 6.92 Å². The number of aromatic nitrogens is 1. The lowest BCUT2D eigenvalue weighted by Gasteiger charge is -2.05. The summed E-state index contributed by atoms with van der Waals surface area (Å²) in [6.45, 7) is 2.29. The number of hydrogen-bond donors (Lipinski definition) is 1. The summed E-state index contributed by atoms with van der Waals surface area (Å²) < 4.78 is 0. The van der Waals surface area contributed by atoms with Gasteiger partial charge in [0.05, 0.1) is 5.51 Å². The Morgan fingerprint density at radius 2 is 2.24 bits per heavy atom. The van der Waals surface area contributed by atoms with Crippen LogP contribution in [0.3, 0.4) is 0 Å². The smallest absolute Gasteiger partial charge is 0.271 e. The van der Waals surface area contributed by atoms with E-state index in [4.69, 9.17) is 11.6 Å². The summed E-state index contributed by atoms with van der Waals surface area (Å²) in [5, 5.41) is 3.46. The van der Waals surface area contributed by atoms with Crippen molar-refractivity contribution in [2.75, 3.05) is 0 Å². The van der Waals surface area contributed by atoms with Crippen LogP contribution >= 0.6 is 22.9 Å². The molecular formula is C12H11ClN2OS. The van der Waals surface area contributed by atoms with Crippen molar-refractivity contribution in [2.24, 2.45) is 0 Å². The molecule has 1 amide bonds. The maximum Gasteiger partial charge on any atom is 0.271 e. The zero-order chi connectivity index (χ0) is 12.3. The quantitative estimate of drug-likeness (QED) is 0.928. The van der Waals surface area contributed by atoms with Crippen LogP contribution in [0.4, 0.5) is 0 Å². The third-order valence-corrected chi connectivity index (χ3v) is 3.48. The van der Waals surface area contributed by atoms with E-state index in [2.05, 4.69) is 10.3 Å². The summed E-state index contributed by atoms with van der Waals surface area (Å²) in [5.74, 6) is -0.163. The van der Waals surface area contributed by atoms with Gasteiger partial charge in [0.15, 0.2) is 0 Å². The Bertz CT molecular complexity index is 539. The molecule has 0 aliphatic carbocycles. The topological polar surface area (TPSA) is 42.0 Å². The van der Waals surface area contributed by atoms with Crippen LogP contribution in [0.1, 0.15) is 20.9 Å². The van der Waals surface area contributed by atoms with Crippen LogP contribution in [-0.4, -0.2) is 10.9 Å². The third kappa shape index (κ3) is 2.84. The minimum absolute atomic E-state index is 0.163. The minimum Gasteiger partial charge on any atom is -0.347 e. The van der Waals surface area contributed by atoms with E-state index >= 15 is 0 Å². The fourth-order valence-electron chi connectivity index (χ4n) is 1.42. The van der Waals surface area contributed by atoms with Gasteiger partial charge in [-0.15, -0.1) is 11.3 Å². The van der Waals surface area contributed by atoms with Gasteiger partial charge in [-0.3, -0.25) is 4.79 Å². The first-order valence-corrected chi connectivity index (χ1v) is 6.36. The summed E-state index contributed by atoms with van der Waals surface area (Å²) in [7, 11) is 0. The fourth-order valence-corrected chi connectivity index (χ4v) is 2.20. The predicted octanol–water partition coefficient (Wildman–Crippen LogP) is 3.03. The summed E-state index contributed by atoms with van der Waals surface area (Å²) in [4.78, 5) is 16.7. The molecule has 0 fully saturated rings. The first kappa shape index (κ1) is 12.1. The van der Waals surface area contributed by atoms with E-state index in [0.717, 1.165) is 10.4 Å². The number of rotatable bonds is 3. The highest BCUT2D eigenvalue weighted by Gasteiger charge is 2.11. The van der Waals surface area contributed by atoms with E-state index in [1.165, 1.54) is 11.3 Å². The Morgan fingerprint density at radius 3 is 2.88 bits per heavy atom. The Labute approximate surface area is 108 Å². The maximum atomic E-state index is 11.8. The molecular weight excluding hydrogens is 256 g/mol. The first-order valence-electron chi connectivity index (χ1n) is 5.10. The average molecular weight is 267 g/mol. The SMILES string of the molecule is Cc1scnc1C(=O)NCc1ccccc1Cl. The van der Waals surface area contributed by atoms with Gasteiger partial charge in [0.25, 0.3) is 5.91 Å². The molecule has 2 aromatic rings. The number of nitrogens with zero attached hydrogens (tertiary/aromatic N) is 1. The van der Waals surface area contributed by atoms with Gasteiger partial charge in [0, 0.05) is 16.4 Å². The van der Waals surface area contributed by atoms with Crippen molar-refractivity contribution in [3.05, 3.63) is 50.9 Å². The molecule has 88 valence electrons. The number of thiazole rings is 1. The van der Waals surface area contributed by atoms with Crippen LogP contribution in [0.5, 0.6) is 0 Å². The molecule has 0 aliphatic heterocycles. The molecule has 1 N–H and O–H groups in total. The normalized spacial score (nSPS) is 10.2. The third-order valence-electron chi connectivity index (χ3n) is 2.36. The molecule has 1 aromatic heterocycles. The van der Waals surface area contributed by atoms with Crippen LogP contribution < -0.4 is 5.32 Å². The van der Waals surface area contributed by atoms with Crippen molar-refractivity contribution in [1.82, 2.24) is 10.3 Å². The highest BCUT2D eigenvalue weighted by atomic mass is 35.5. The molecule has 0 saturated heterocycles. The summed E-state index contributed by atoms with van der Waals surface area (Å²) in [5.41, 5.74) is 3.05. The zero-order valence-corrected chi connectivity index (χ0v) is 10.8. The molecule has 0 radical (unpaired) electrons. The van der Waals surface area contributed by atoms with E-state index in [-0.39, 0.29) is 5.91 Å². The number of halogens is 1. The standard InChI is InChI=1S/C12H11ClN2OS/c1-8-11(15-7-17-8)12(16)14-6-9-4-2-3-5-10(9)13/h2-5,7H,6H2,1H3,(H,14,16). The zero-order valence-electron chi connectivity index (χ0n) is 9.24. The fraction of sp³-hybridized carbons (Fsp3) is 0.167. The van der Waals surface area contributed by atoms with E-state index in [1.807, 2.05) is 25.1 Å². The van der Waals surface area contributed by atoms with Gasteiger partial charge < -0.3 is 5.32 Å². The number of nitrogens with one attached hydrogen (secondary N) is 1. The second kappa shape index (κ2) is 5.29.